The van der Waals surface area contributed by atoms with Gasteiger partial charge in [-0.05, 0) is 137 Å². The lowest BCUT2D eigenvalue weighted by molar-refractivity contribution is -0.438. The van der Waals surface area contributed by atoms with Crippen LogP contribution in [0.5, 0.6) is 5.75 Å². The van der Waals surface area contributed by atoms with Gasteiger partial charge in [0.05, 0.1) is 21.0 Å². The Kier molecular flexibility index (Phi) is 14.3. The molecule has 14 nitrogen and oxygen atoms in total. The first kappa shape index (κ1) is 48.5. The fourth-order valence-electron chi connectivity index (χ4n) is 8.87. The smallest absolute Gasteiger partial charge is 0.303 e. The van der Waals surface area contributed by atoms with E-state index in [1.165, 1.54) is 36.4 Å². The third-order valence-electron chi connectivity index (χ3n) is 12.2. The number of nitrogens with zero attached hydrogens (tertiary/aromatic N) is 2. The second-order valence-corrected chi connectivity index (χ2v) is 22.1. The van der Waals surface area contributed by atoms with E-state index in [4.69, 9.17) is 4.74 Å². The van der Waals surface area contributed by atoms with Crippen LogP contribution in [0.1, 0.15) is 102 Å². The summed E-state index contributed by atoms with van der Waals surface area (Å²) in [5, 5.41) is 9.18. The number of hydrogen-bond acceptors (Lipinski definition) is 9. The molecule has 0 radical (unpaired) electrons. The summed E-state index contributed by atoms with van der Waals surface area (Å²) >= 11 is 0. The van der Waals surface area contributed by atoms with Crippen LogP contribution in [0, 0.1) is 6.92 Å². The molecule has 0 amide bonds. The van der Waals surface area contributed by atoms with Crippen LogP contribution in [0.4, 0.5) is 11.4 Å². The van der Waals surface area contributed by atoms with Crippen LogP contribution in [0.2, 0.25) is 0 Å². The molecule has 0 spiro atoms. The molecule has 3 aliphatic rings. The van der Waals surface area contributed by atoms with Crippen molar-refractivity contribution >= 4 is 53.4 Å². The number of carboxylic acids is 1. The molecule has 0 saturated carbocycles. The summed E-state index contributed by atoms with van der Waals surface area (Å²) in [5.74, 6) is -0.317. The number of ether oxygens (including phenoxy) is 1. The number of allylic oxidation sites excluding steroid dienone is 7. The lowest BCUT2D eigenvalue weighted by atomic mass is 9.80. The average Bonchev–Trinajstić information content (AvgIpc) is 3.54. The predicted octanol–water partition coefficient (Wildman–Crippen LogP) is 8.86. The molecule has 0 fully saturated rings. The van der Waals surface area contributed by atoms with E-state index in [1.54, 1.807) is 6.07 Å². The molecule has 17 heteroatoms. The summed E-state index contributed by atoms with van der Waals surface area (Å²) in [4.78, 5) is 12.8. The molecule has 2 aliphatic heterocycles. The number of benzene rings is 3. The molecule has 6 rings (SSSR count). The van der Waals surface area contributed by atoms with Crippen molar-refractivity contribution in [2.45, 2.75) is 113 Å². The van der Waals surface area contributed by atoms with E-state index in [2.05, 4.69) is 41.5 Å². The second kappa shape index (κ2) is 18.9. The van der Waals surface area contributed by atoms with Crippen molar-refractivity contribution in [2.24, 2.45) is 0 Å². The average molecular weight is 938 g/mol. The number of carbonyl (C=O) groups is 1. The third-order valence-corrected chi connectivity index (χ3v) is 14.7. The number of anilines is 1. The highest BCUT2D eigenvalue weighted by molar-refractivity contribution is 7.86. The van der Waals surface area contributed by atoms with Crippen LogP contribution < -0.4 is 9.64 Å². The third kappa shape index (κ3) is 11.1. The van der Waals surface area contributed by atoms with Gasteiger partial charge in [-0.2, -0.15) is 29.8 Å². The SMILES string of the molecule is Cc1ccc2c(c1)C(C)(C)C(/C=C/C1=C(Oc3ccc(S(=O)(=O)O)cc3)C(=C/C=C3/N(CCCCCC(=O)O)c4ccc(S(=O)(=O)O)cc4C3(C)C)/CCC1)=[N+]2CCCCS(=O)(=O)O. The van der Waals surface area contributed by atoms with Crippen molar-refractivity contribution in [3.8, 4) is 5.75 Å². The molecule has 64 heavy (non-hydrogen) atoms. The zero-order valence-corrected chi connectivity index (χ0v) is 39.2. The maximum atomic E-state index is 12.2. The van der Waals surface area contributed by atoms with Gasteiger partial charge in [-0.1, -0.05) is 38.0 Å². The van der Waals surface area contributed by atoms with E-state index in [0.717, 1.165) is 51.5 Å². The van der Waals surface area contributed by atoms with Crippen LogP contribution in [-0.4, -0.2) is 79.1 Å². The van der Waals surface area contributed by atoms with Gasteiger partial charge in [0, 0.05) is 53.9 Å². The van der Waals surface area contributed by atoms with E-state index in [0.29, 0.717) is 68.7 Å². The van der Waals surface area contributed by atoms with E-state index in [1.807, 2.05) is 45.1 Å². The molecular weight excluding hydrogens is 881 g/mol. The number of hydrogen-bond donors (Lipinski definition) is 4. The van der Waals surface area contributed by atoms with Crippen LogP contribution in [0.3, 0.4) is 0 Å². The Morgan fingerprint density at radius 3 is 2.11 bits per heavy atom. The molecule has 344 valence electrons. The maximum absolute atomic E-state index is 12.2. The summed E-state index contributed by atoms with van der Waals surface area (Å²) in [6.07, 6.45) is 12.7. The molecule has 0 saturated heterocycles. The first-order valence-electron chi connectivity index (χ1n) is 21.3. The van der Waals surface area contributed by atoms with Gasteiger partial charge >= 0.3 is 5.97 Å². The number of aliphatic carboxylic acids is 1. The molecule has 0 unspecified atom stereocenters. The van der Waals surface area contributed by atoms with E-state index in [-0.39, 0.29) is 28.4 Å². The van der Waals surface area contributed by atoms with E-state index >= 15 is 0 Å². The number of unbranched alkanes of at least 4 members (excludes halogenated alkanes) is 3. The molecule has 4 N–H and O–H groups in total. The molecule has 3 aromatic carbocycles. The summed E-state index contributed by atoms with van der Waals surface area (Å²) < 4.78 is 109. The molecule has 0 atom stereocenters. The number of carboxylic acid groups (broad SMARTS) is 1. The van der Waals surface area contributed by atoms with Crippen LogP contribution in [0.25, 0.3) is 0 Å². The van der Waals surface area contributed by atoms with Crippen LogP contribution in [0.15, 0.2) is 117 Å². The number of rotatable bonds is 18. The number of aryl methyl sites for hydroxylation is 1. The summed E-state index contributed by atoms with van der Waals surface area (Å²) in [7, 11) is -13.1. The Morgan fingerprint density at radius 1 is 0.766 bits per heavy atom. The molecule has 1 aliphatic carbocycles. The van der Waals surface area contributed by atoms with Gasteiger partial charge < -0.3 is 14.7 Å². The zero-order chi connectivity index (χ0) is 46.8. The van der Waals surface area contributed by atoms with Crippen LogP contribution >= 0.6 is 0 Å². The van der Waals surface area contributed by atoms with Crippen molar-refractivity contribution < 1.29 is 58.1 Å². The number of fused-ring (bicyclic) bond motifs is 2. The van der Waals surface area contributed by atoms with Crippen LogP contribution in [-0.2, 0) is 46.0 Å². The molecule has 0 bridgehead atoms. The molecule has 3 aromatic rings. The highest BCUT2D eigenvalue weighted by Crippen LogP contribution is 2.49. The van der Waals surface area contributed by atoms with Gasteiger partial charge in [-0.15, -0.1) is 0 Å². The van der Waals surface area contributed by atoms with Crippen molar-refractivity contribution in [3.63, 3.8) is 0 Å². The highest BCUT2D eigenvalue weighted by Gasteiger charge is 2.44. The molecule has 2 heterocycles. The minimum Gasteiger partial charge on any atom is -0.481 e. The Balaban J connectivity index is 1.46. The van der Waals surface area contributed by atoms with Crippen molar-refractivity contribution in [3.05, 3.63) is 124 Å². The van der Waals surface area contributed by atoms with E-state index < -0.39 is 47.2 Å². The normalized spacial score (nSPS) is 18.7. The van der Waals surface area contributed by atoms with Gasteiger partial charge in [0.25, 0.3) is 30.4 Å². The van der Waals surface area contributed by atoms with Gasteiger partial charge in [0.2, 0.25) is 5.69 Å². The standard InChI is InChI=1S/C47H56N2O12S3/c1-32-15-23-40-38(30-32)46(2,3)42(49(40)28-9-10-29-62(52,53)54)25-16-33-12-11-13-34(45(33)61-35-18-20-36(21-19-35)63(55,56)57)17-26-43-47(4,5)39-31-37(64(58,59)60)22-24-41(39)48(43)27-8-6-7-14-44(50)51/h15-26,30-31H,6-14,27-29H2,1-5H3,(H3-,50,51,52,53,54,55,56,57,58,59,60)/p+1. The molecule has 0 aromatic heterocycles. The van der Waals surface area contributed by atoms with Gasteiger partial charge in [0.1, 0.15) is 18.1 Å². The minimum absolute atomic E-state index is 0.0530. The Morgan fingerprint density at radius 2 is 1.45 bits per heavy atom. The summed E-state index contributed by atoms with van der Waals surface area (Å²) in [6.45, 7) is 11.3. The highest BCUT2D eigenvalue weighted by atomic mass is 32.2. The Bertz CT molecular complexity index is 2820. The second-order valence-electron chi connectivity index (χ2n) is 17.6. The minimum atomic E-state index is -4.49. The lowest BCUT2D eigenvalue weighted by Gasteiger charge is -2.27. The monoisotopic (exact) mass is 937 g/mol. The lowest BCUT2D eigenvalue weighted by Crippen LogP contribution is -2.28. The largest absolute Gasteiger partial charge is 0.481 e. The summed E-state index contributed by atoms with van der Waals surface area (Å²) in [6, 6.07) is 16.3. The fraction of sp³-hybridized carbons (Fsp3) is 0.404. The predicted molar refractivity (Wildman–Crippen MR) is 245 cm³/mol. The first-order chi connectivity index (χ1) is 29.9. The quantitative estimate of drug-likeness (QED) is 0.0533. The fourth-order valence-corrected chi connectivity index (χ4v) is 10.4. The van der Waals surface area contributed by atoms with Crippen molar-refractivity contribution in [1.82, 2.24) is 0 Å². The Hall–Kier alpha value is -4.91. The van der Waals surface area contributed by atoms with Gasteiger partial charge in [-0.25, -0.2) is 0 Å². The summed E-state index contributed by atoms with van der Waals surface area (Å²) in [5.41, 5.74) is 7.06. The molecular formula is C47H57N2O12S3+. The van der Waals surface area contributed by atoms with Crippen molar-refractivity contribution in [1.29, 1.82) is 0 Å². The Labute approximate surface area is 376 Å². The van der Waals surface area contributed by atoms with Gasteiger partial charge in [-0.3, -0.25) is 18.5 Å². The first-order valence-corrected chi connectivity index (χ1v) is 25.8. The maximum Gasteiger partial charge on any atom is 0.303 e. The van der Waals surface area contributed by atoms with E-state index in [9.17, 15) is 48.8 Å². The van der Waals surface area contributed by atoms with Gasteiger partial charge in [0.15, 0.2) is 5.71 Å². The zero-order valence-electron chi connectivity index (χ0n) is 36.7. The van der Waals surface area contributed by atoms with Crippen molar-refractivity contribution in [2.75, 3.05) is 23.7 Å². The topological polar surface area (TPSA) is 216 Å².